The molecule has 0 saturated heterocycles. The Kier molecular flexibility index (Phi) is 6.04. The van der Waals surface area contributed by atoms with Crippen LogP contribution < -0.4 is 10.6 Å². The number of thioether (sulfide) groups is 1. The highest BCUT2D eigenvalue weighted by Crippen LogP contribution is 2.46. The van der Waals surface area contributed by atoms with Crippen LogP contribution in [0, 0.1) is 12.3 Å². The van der Waals surface area contributed by atoms with Crippen LogP contribution >= 0.6 is 11.8 Å². The highest BCUT2D eigenvalue weighted by molar-refractivity contribution is 7.98. The highest BCUT2D eigenvalue weighted by Gasteiger charge is 2.42. The van der Waals surface area contributed by atoms with Crippen LogP contribution in [-0.2, 0) is 9.59 Å². The van der Waals surface area contributed by atoms with Crippen molar-refractivity contribution in [1.82, 2.24) is 5.32 Å². The Morgan fingerprint density at radius 2 is 1.69 bits per heavy atom. The SMILES string of the molecule is CSc1ccc([C@@H]2C(C(=O)Nc3ccc(C)cc3)=C(C)NC3=C2C(=O)CC(C)(C)C3)cc1. The van der Waals surface area contributed by atoms with Crippen molar-refractivity contribution < 1.29 is 9.59 Å². The summed E-state index contributed by atoms with van der Waals surface area (Å²) in [5.74, 6) is -0.436. The molecule has 5 heteroatoms. The Morgan fingerprint density at radius 1 is 1.03 bits per heavy atom. The molecule has 4 nitrogen and oxygen atoms in total. The maximum Gasteiger partial charge on any atom is 0.254 e. The molecule has 0 saturated carbocycles. The van der Waals surface area contributed by atoms with Gasteiger partial charge in [0.05, 0.1) is 0 Å². The van der Waals surface area contributed by atoms with Gasteiger partial charge in [-0.1, -0.05) is 43.7 Å². The largest absolute Gasteiger partial charge is 0.362 e. The number of hydrogen-bond acceptors (Lipinski definition) is 4. The lowest BCUT2D eigenvalue weighted by molar-refractivity contribution is -0.118. The first kappa shape index (κ1) is 22.4. The van der Waals surface area contributed by atoms with Gasteiger partial charge in [-0.25, -0.2) is 0 Å². The fourth-order valence-corrected chi connectivity index (χ4v) is 5.11. The third kappa shape index (κ3) is 4.40. The molecule has 2 aliphatic rings. The fourth-order valence-electron chi connectivity index (χ4n) is 4.70. The van der Waals surface area contributed by atoms with E-state index < -0.39 is 0 Å². The maximum absolute atomic E-state index is 13.5. The predicted octanol–water partition coefficient (Wildman–Crippen LogP) is 5.96. The summed E-state index contributed by atoms with van der Waals surface area (Å²) >= 11 is 1.68. The molecule has 2 aromatic rings. The predicted molar refractivity (Wildman–Crippen MR) is 132 cm³/mol. The molecular formula is C27H30N2O2S. The molecule has 0 unspecified atom stereocenters. The summed E-state index contributed by atoms with van der Waals surface area (Å²) in [6.07, 6.45) is 3.31. The van der Waals surface area contributed by atoms with Crippen molar-refractivity contribution in [3.8, 4) is 0 Å². The highest BCUT2D eigenvalue weighted by atomic mass is 32.2. The zero-order valence-electron chi connectivity index (χ0n) is 19.3. The number of benzene rings is 2. The van der Waals surface area contributed by atoms with Crippen molar-refractivity contribution in [3.05, 3.63) is 82.2 Å². The van der Waals surface area contributed by atoms with Crippen molar-refractivity contribution in [3.63, 3.8) is 0 Å². The molecule has 2 N–H and O–H groups in total. The average molecular weight is 447 g/mol. The monoisotopic (exact) mass is 446 g/mol. The van der Waals surface area contributed by atoms with E-state index in [2.05, 4.69) is 36.6 Å². The number of rotatable bonds is 4. The van der Waals surface area contributed by atoms with E-state index in [1.54, 1.807) is 11.8 Å². The summed E-state index contributed by atoms with van der Waals surface area (Å²) in [5, 5.41) is 6.47. The Morgan fingerprint density at radius 3 is 2.31 bits per heavy atom. The van der Waals surface area contributed by atoms with Crippen molar-refractivity contribution in [2.24, 2.45) is 5.41 Å². The second-order valence-electron chi connectivity index (χ2n) is 9.52. The first-order chi connectivity index (χ1) is 15.2. The minimum atomic E-state index is -0.379. The molecule has 0 radical (unpaired) electrons. The number of dihydropyridines is 1. The molecule has 4 rings (SSSR count). The summed E-state index contributed by atoms with van der Waals surface area (Å²) < 4.78 is 0. The van der Waals surface area contributed by atoms with Gasteiger partial charge in [-0.15, -0.1) is 11.8 Å². The smallest absolute Gasteiger partial charge is 0.254 e. The summed E-state index contributed by atoms with van der Waals surface area (Å²) in [6, 6.07) is 16.0. The van der Waals surface area contributed by atoms with Crippen LogP contribution in [0.25, 0.3) is 0 Å². The van der Waals surface area contributed by atoms with Crippen LogP contribution in [0.2, 0.25) is 0 Å². The number of aryl methyl sites for hydroxylation is 1. The van der Waals surface area contributed by atoms with Crippen LogP contribution in [-0.4, -0.2) is 17.9 Å². The van der Waals surface area contributed by atoms with Crippen molar-refractivity contribution in [2.45, 2.75) is 51.3 Å². The second kappa shape index (κ2) is 8.62. The Bertz CT molecular complexity index is 1130. The van der Waals surface area contributed by atoms with Gasteiger partial charge in [-0.2, -0.15) is 0 Å². The number of Topliss-reactive ketones (excluding diaryl/α,β-unsaturated/α-hetero) is 1. The minimum Gasteiger partial charge on any atom is -0.362 e. The summed E-state index contributed by atoms with van der Waals surface area (Å²) in [7, 11) is 0. The first-order valence-corrected chi connectivity index (χ1v) is 12.2. The van der Waals surface area contributed by atoms with Crippen LogP contribution in [0.5, 0.6) is 0 Å². The molecular weight excluding hydrogens is 416 g/mol. The van der Waals surface area contributed by atoms with Crippen LogP contribution in [0.4, 0.5) is 5.69 Å². The molecule has 1 atom stereocenters. The molecule has 0 fully saturated rings. The van der Waals surface area contributed by atoms with E-state index >= 15 is 0 Å². The fraction of sp³-hybridized carbons (Fsp3) is 0.333. The van der Waals surface area contributed by atoms with Crippen LogP contribution in [0.1, 0.15) is 50.7 Å². The van der Waals surface area contributed by atoms with Crippen molar-refractivity contribution in [2.75, 3.05) is 11.6 Å². The number of nitrogens with one attached hydrogen (secondary N) is 2. The number of hydrogen-bond donors (Lipinski definition) is 2. The quantitative estimate of drug-likeness (QED) is 0.569. The molecule has 166 valence electrons. The molecule has 0 bridgehead atoms. The second-order valence-corrected chi connectivity index (χ2v) is 10.4. The average Bonchev–Trinajstić information content (AvgIpc) is 2.73. The molecule has 1 amide bonds. The number of allylic oxidation sites excluding steroid dienone is 3. The number of anilines is 1. The topological polar surface area (TPSA) is 58.2 Å². The van der Waals surface area contributed by atoms with E-state index in [0.29, 0.717) is 12.0 Å². The van der Waals surface area contributed by atoms with Gasteiger partial charge >= 0.3 is 0 Å². The number of ketones is 1. The van der Waals surface area contributed by atoms with Gasteiger partial charge in [-0.3, -0.25) is 9.59 Å². The molecule has 0 aromatic heterocycles. The van der Waals surface area contributed by atoms with Gasteiger partial charge in [0.1, 0.15) is 0 Å². The number of carbonyl (C=O) groups excluding carboxylic acids is 2. The Labute approximate surface area is 194 Å². The van der Waals surface area contributed by atoms with Gasteiger partial charge in [0.15, 0.2) is 5.78 Å². The molecule has 0 spiro atoms. The molecule has 1 aliphatic heterocycles. The lowest BCUT2D eigenvalue weighted by atomic mass is 9.68. The minimum absolute atomic E-state index is 0.0991. The third-order valence-electron chi connectivity index (χ3n) is 6.24. The summed E-state index contributed by atoms with van der Waals surface area (Å²) in [4.78, 5) is 28.0. The van der Waals surface area contributed by atoms with Crippen LogP contribution in [0.3, 0.4) is 0 Å². The zero-order chi connectivity index (χ0) is 23.0. The van der Waals surface area contributed by atoms with Gasteiger partial charge in [0.2, 0.25) is 0 Å². The van der Waals surface area contributed by atoms with E-state index in [1.807, 2.05) is 56.5 Å². The van der Waals surface area contributed by atoms with E-state index in [4.69, 9.17) is 0 Å². The number of amides is 1. The van der Waals surface area contributed by atoms with E-state index in [-0.39, 0.29) is 23.0 Å². The van der Waals surface area contributed by atoms with Gasteiger partial charge in [0.25, 0.3) is 5.91 Å². The van der Waals surface area contributed by atoms with Crippen molar-refractivity contribution in [1.29, 1.82) is 0 Å². The van der Waals surface area contributed by atoms with E-state index in [0.717, 1.165) is 45.1 Å². The molecule has 1 aliphatic carbocycles. The Balaban J connectivity index is 1.79. The number of carbonyl (C=O) groups is 2. The standard InChI is InChI=1S/C27H30N2O2S/c1-16-6-10-19(11-7-16)29-26(31)23-17(2)28-21-14-27(3,4)15-22(30)25(21)24(23)18-8-12-20(32-5)13-9-18/h6-13,24,28H,14-15H2,1-5H3,(H,29,31)/t24-/m1/s1. The summed E-state index contributed by atoms with van der Waals surface area (Å²) in [5.41, 5.74) is 5.85. The normalized spacial score (nSPS) is 20.0. The lowest BCUT2D eigenvalue weighted by Gasteiger charge is -2.39. The van der Waals surface area contributed by atoms with Gasteiger partial charge in [-0.05, 0) is 61.8 Å². The van der Waals surface area contributed by atoms with E-state index in [1.165, 1.54) is 0 Å². The first-order valence-electron chi connectivity index (χ1n) is 10.9. The van der Waals surface area contributed by atoms with Gasteiger partial charge in [0, 0.05) is 45.5 Å². The molecule has 1 heterocycles. The molecule has 2 aromatic carbocycles. The molecule has 32 heavy (non-hydrogen) atoms. The summed E-state index contributed by atoms with van der Waals surface area (Å²) in [6.45, 7) is 8.19. The van der Waals surface area contributed by atoms with Crippen molar-refractivity contribution >= 4 is 29.1 Å². The van der Waals surface area contributed by atoms with Gasteiger partial charge < -0.3 is 10.6 Å². The van der Waals surface area contributed by atoms with Crippen LogP contribution in [0.15, 0.2) is 76.0 Å². The zero-order valence-corrected chi connectivity index (χ0v) is 20.2. The lowest BCUT2D eigenvalue weighted by Crippen LogP contribution is -2.39. The Hall–Kier alpha value is -2.79. The third-order valence-corrected chi connectivity index (χ3v) is 6.99. The maximum atomic E-state index is 13.5. The van der Waals surface area contributed by atoms with E-state index in [9.17, 15) is 9.59 Å².